The molecular weight excluding hydrogens is 801 g/mol. The lowest BCUT2D eigenvalue weighted by atomic mass is 9.77. The first-order valence-corrected chi connectivity index (χ1v) is 22.6. The molecule has 0 N–H and O–H groups in total. The summed E-state index contributed by atoms with van der Waals surface area (Å²) in [4.78, 5) is 30.7. The Kier molecular flexibility index (Phi) is 7.73. The molecule has 0 radical (unpaired) electrons. The van der Waals surface area contributed by atoms with E-state index in [2.05, 4.69) is 182 Å². The largest absolute Gasteiger partial charge is 0.289 e. The summed E-state index contributed by atoms with van der Waals surface area (Å²) in [6.45, 7) is 0. The van der Waals surface area contributed by atoms with Crippen molar-refractivity contribution in [3.05, 3.63) is 263 Å². The van der Waals surface area contributed by atoms with Crippen molar-refractivity contribution in [2.75, 3.05) is 0 Å². The number of hydrogen-bond donors (Lipinski definition) is 0. The monoisotopic (exact) mass is 836 g/mol. The highest BCUT2D eigenvalue weighted by molar-refractivity contribution is 6.36. The second-order valence-electron chi connectivity index (χ2n) is 17.6. The average Bonchev–Trinajstić information content (AvgIpc) is 4.09. The van der Waals surface area contributed by atoms with Crippen LogP contribution in [0.25, 0.3) is 100 Å². The van der Waals surface area contributed by atoms with Crippen molar-refractivity contribution in [1.82, 2.24) is 0 Å². The van der Waals surface area contributed by atoms with Gasteiger partial charge >= 0.3 is 0 Å². The molecule has 0 aliphatic heterocycles. The minimum atomic E-state index is 0.0411. The van der Waals surface area contributed by atoms with E-state index in [0.717, 1.165) is 145 Å². The Morgan fingerprint density at radius 3 is 0.682 bits per heavy atom. The molecule has 304 valence electrons. The molecule has 0 atom stereocenters. The number of carbonyl (C=O) groups is 2. The second kappa shape index (κ2) is 13.9. The summed E-state index contributed by atoms with van der Waals surface area (Å²) in [6.07, 6.45) is 0. The van der Waals surface area contributed by atoms with Crippen molar-refractivity contribution < 1.29 is 9.59 Å². The Bertz CT molecular complexity index is 3550. The summed E-state index contributed by atoms with van der Waals surface area (Å²) in [5.74, 6) is 0.0823. The minimum Gasteiger partial charge on any atom is -0.289 e. The lowest BCUT2D eigenvalue weighted by molar-refractivity contribution is 0.103. The number of carbonyl (C=O) groups excluding carboxylic acids is 2. The highest BCUT2D eigenvalue weighted by Crippen LogP contribution is 2.65. The maximum absolute atomic E-state index is 15.4. The van der Waals surface area contributed by atoms with Crippen LogP contribution >= 0.6 is 0 Å². The molecule has 0 fully saturated rings. The normalized spacial score (nSPS) is 14.2. The predicted octanol–water partition coefficient (Wildman–Crippen LogP) is 15.7. The van der Waals surface area contributed by atoms with Crippen molar-refractivity contribution in [2.45, 2.75) is 0 Å². The van der Waals surface area contributed by atoms with Crippen LogP contribution in [0.15, 0.2) is 218 Å². The zero-order chi connectivity index (χ0) is 43.6. The molecule has 10 aromatic carbocycles. The highest BCUT2D eigenvalue weighted by atomic mass is 16.1. The van der Waals surface area contributed by atoms with Gasteiger partial charge < -0.3 is 0 Å². The Morgan fingerprint density at radius 1 is 0.167 bits per heavy atom. The summed E-state index contributed by atoms with van der Waals surface area (Å²) in [5.41, 5.74) is 25.6. The standard InChI is InChI=1S/C64H36O2/c65-63-47-35-19-17-33-45(47)53-49(37-21-5-1-6-22-37)51(39-25-9-3-10-26-39)59-55(41-29-13-15-31-43(41)57(59)61(53)63)56-42-30-14-16-32-44(42)58-60(56)52(40-27-11-4-12-28-40)50(38-23-7-2-8-24-38)54-46-34-18-20-36-48(46)64(66)62(54)58/h1-36H/b56-55+. The lowest BCUT2D eigenvalue weighted by Gasteiger charge is -2.25. The van der Waals surface area contributed by atoms with Crippen LogP contribution in [0.3, 0.4) is 0 Å². The van der Waals surface area contributed by atoms with Crippen molar-refractivity contribution in [3.63, 3.8) is 0 Å². The maximum atomic E-state index is 15.4. The van der Waals surface area contributed by atoms with E-state index in [4.69, 9.17) is 0 Å². The molecule has 0 amide bonds. The van der Waals surface area contributed by atoms with Crippen LogP contribution in [-0.4, -0.2) is 11.6 Å². The van der Waals surface area contributed by atoms with Gasteiger partial charge in [-0.2, -0.15) is 0 Å². The summed E-state index contributed by atoms with van der Waals surface area (Å²) in [7, 11) is 0. The highest BCUT2D eigenvalue weighted by Gasteiger charge is 2.46. The quantitative estimate of drug-likeness (QED) is 0.177. The van der Waals surface area contributed by atoms with Gasteiger partial charge in [-0.1, -0.05) is 218 Å². The third kappa shape index (κ3) is 4.85. The van der Waals surface area contributed by atoms with Gasteiger partial charge in [0.2, 0.25) is 0 Å². The van der Waals surface area contributed by atoms with Crippen LogP contribution < -0.4 is 0 Å². The average molecular weight is 837 g/mol. The molecule has 2 nitrogen and oxygen atoms in total. The molecule has 4 aliphatic rings. The molecule has 0 bridgehead atoms. The Hall–Kier alpha value is -8.72. The van der Waals surface area contributed by atoms with E-state index >= 15 is 9.59 Å². The Morgan fingerprint density at radius 2 is 0.379 bits per heavy atom. The van der Waals surface area contributed by atoms with E-state index in [1.807, 2.05) is 36.4 Å². The number of rotatable bonds is 4. The first-order chi connectivity index (χ1) is 32.7. The third-order valence-corrected chi connectivity index (χ3v) is 14.3. The molecule has 0 saturated carbocycles. The molecule has 0 spiro atoms. The van der Waals surface area contributed by atoms with Crippen molar-refractivity contribution in [3.8, 4) is 89.0 Å². The molecule has 4 aliphatic carbocycles. The van der Waals surface area contributed by atoms with Crippen LogP contribution in [-0.2, 0) is 0 Å². The van der Waals surface area contributed by atoms with Gasteiger partial charge in [-0.25, -0.2) is 0 Å². The van der Waals surface area contributed by atoms with Crippen LogP contribution in [0.5, 0.6) is 0 Å². The van der Waals surface area contributed by atoms with Crippen LogP contribution in [0.2, 0.25) is 0 Å². The summed E-state index contributed by atoms with van der Waals surface area (Å²) in [5, 5.41) is 0. The molecule has 0 aromatic heterocycles. The first kappa shape index (κ1) is 36.7. The van der Waals surface area contributed by atoms with Crippen molar-refractivity contribution in [2.24, 2.45) is 0 Å². The van der Waals surface area contributed by atoms with E-state index in [0.29, 0.717) is 0 Å². The van der Waals surface area contributed by atoms with Crippen molar-refractivity contribution >= 4 is 22.7 Å². The summed E-state index contributed by atoms with van der Waals surface area (Å²) >= 11 is 0. The molecule has 2 heteroatoms. The molecular formula is C64H36O2. The van der Waals surface area contributed by atoms with Crippen molar-refractivity contribution in [1.29, 1.82) is 0 Å². The first-order valence-electron chi connectivity index (χ1n) is 22.6. The SMILES string of the molecule is O=C1c2ccccc2-c2c1c1c(c(-c3ccccc3)c2-c2ccccc2)/C(=C2\c3ccccc3-c3c4c(c(-c5ccccc5)c(-c5ccccc5)c32)-c2ccccc2C4=O)c2ccccc2-1. The van der Waals surface area contributed by atoms with Gasteiger partial charge in [0.05, 0.1) is 0 Å². The van der Waals surface area contributed by atoms with Gasteiger partial charge in [0.1, 0.15) is 0 Å². The van der Waals surface area contributed by atoms with Gasteiger partial charge in [-0.3, -0.25) is 9.59 Å². The predicted molar refractivity (Wildman–Crippen MR) is 268 cm³/mol. The van der Waals surface area contributed by atoms with E-state index in [-0.39, 0.29) is 11.6 Å². The number of benzene rings is 10. The third-order valence-electron chi connectivity index (χ3n) is 14.3. The van der Waals surface area contributed by atoms with Gasteiger partial charge in [0.15, 0.2) is 11.6 Å². The van der Waals surface area contributed by atoms with E-state index in [9.17, 15) is 0 Å². The zero-order valence-electron chi connectivity index (χ0n) is 35.6. The zero-order valence-corrected chi connectivity index (χ0v) is 35.6. The molecule has 0 saturated heterocycles. The fourth-order valence-electron chi connectivity index (χ4n) is 11.8. The molecule has 14 rings (SSSR count). The van der Waals surface area contributed by atoms with Crippen LogP contribution in [0.1, 0.15) is 54.1 Å². The fourth-order valence-corrected chi connectivity index (χ4v) is 11.8. The van der Waals surface area contributed by atoms with Gasteiger partial charge in [0.25, 0.3) is 0 Å². The molecule has 0 unspecified atom stereocenters. The second-order valence-corrected chi connectivity index (χ2v) is 17.6. The molecule has 66 heavy (non-hydrogen) atoms. The van der Waals surface area contributed by atoms with E-state index in [1.165, 1.54) is 0 Å². The number of ketones is 2. The van der Waals surface area contributed by atoms with Crippen LogP contribution in [0, 0.1) is 0 Å². The minimum absolute atomic E-state index is 0.0411. The van der Waals surface area contributed by atoms with E-state index < -0.39 is 0 Å². The number of fused-ring (bicyclic) bond motifs is 14. The Balaban J connectivity index is 1.26. The lowest BCUT2D eigenvalue weighted by Crippen LogP contribution is -2.04. The van der Waals surface area contributed by atoms with Gasteiger partial charge in [-0.15, -0.1) is 0 Å². The van der Waals surface area contributed by atoms with Gasteiger partial charge in [-0.05, 0) is 89.0 Å². The summed E-state index contributed by atoms with van der Waals surface area (Å²) in [6, 6.07) is 76.3. The topological polar surface area (TPSA) is 34.1 Å². The van der Waals surface area contributed by atoms with Gasteiger partial charge in [0, 0.05) is 55.6 Å². The molecule has 10 aromatic rings. The number of hydrogen-bond acceptors (Lipinski definition) is 2. The fraction of sp³-hybridized carbons (Fsp3) is 0. The smallest absolute Gasteiger partial charge is 0.194 e. The maximum Gasteiger partial charge on any atom is 0.194 e. The Labute approximate surface area is 382 Å². The van der Waals surface area contributed by atoms with E-state index in [1.54, 1.807) is 0 Å². The summed E-state index contributed by atoms with van der Waals surface area (Å²) < 4.78 is 0. The van der Waals surface area contributed by atoms with Crippen LogP contribution in [0.4, 0.5) is 0 Å². The molecule has 0 heterocycles.